The van der Waals surface area contributed by atoms with Gasteiger partial charge in [0, 0.05) is 0 Å². The maximum atomic E-state index is 4.17. The van der Waals surface area contributed by atoms with Gasteiger partial charge in [-0.05, 0) is 0 Å². The second-order valence-electron chi connectivity index (χ2n) is 0.250. The smallest absolute Gasteiger partial charge is 0.570 e. The van der Waals surface area contributed by atoms with Crippen LogP contribution in [0.5, 0.6) is 0 Å². The van der Waals surface area contributed by atoms with Gasteiger partial charge in [-0.25, -0.2) is 0 Å². The first-order valence-corrected chi connectivity index (χ1v) is 1.84. The summed E-state index contributed by atoms with van der Waals surface area (Å²) in [5, 5.41) is 0. The third-order valence-electron chi connectivity index (χ3n) is 0. The molecule has 0 aromatic heterocycles. The summed E-state index contributed by atoms with van der Waals surface area (Å²) in [5.41, 5.74) is 0. The number of rotatable bonds is 0. The van der Waals surface area contributed by atoms with E-state index in [2.05, 4.69) is 37.5 Å². The minimum absolute atomic E-state index is 0. The van der Waals surface area contributed by atoms with E-state index in [-0.39, 0.29) is 30.8 Å². The fraction of sp³-hybridized carbons (Fsp3) is 0. The monoisotopic (exact) mass is 222 g/mol. The molecule has 5 heavy (non-hydrogen) atoms. The number of hydrogen-bond donors (Lipinski definition) is 0. The van der Waals surface area contributed by atoms with Crippen LogP contribution in [-0.4, -0.2) is 3.53 Å². The van der Waals surface area contributed by atoms with Gasteiger partial charge < -0.3 is 37.5 Å². The number of hydrogen-bond acceptors (Lipinski definition) is 3. The van der Waals surface area contributed by atoms with Crippen LogP contribution in [0.2, 0.25) is 0 Å². The average molecular weight is 221 g/mol. The van der Waals surface area contributed by atoms with Crippen LogP contribution in [0.4, 0.5) is 0 Å². The van der Waals surface area contributed by atoms with E-state index in [0.717, 1.165) is 0 Å². The van der Waals surface area contributed by atoms with Gasteiger partial charge in [-0.3, -0.25) is 3.53 Å². The Bertz CT molecular complexity index is 29.9. The first-order valence-electron chi connectivity index (χ1n) is 0.612. The summed E-state index contributed by atoms with van der Waals surface area (Å²) in [7, 11) is 0. The SMILES string of the molecule is S=C([S-])[S-].[Cd+2]. The molecular formula is CCdS3. The topological polar surface area (TPSA) is 0 Å². The maximum absolute atomic E-state index is 4.17. The molecule has 0 aliphatic heterocycles. The molecule has 0 aromatic rings. The molecule has 0 saturated carbocycles. The van der Waals surface area contributed by atoms with E-state index in [1.807, 2.05) is 0 Å². The van der Waals surface area contributed by atoms with E-state index < -0.39 is 0 Å². The third-order valence-corrected chi connectivity index (χ3v) is 0. The molecule has 4 heteroatoms. The van der Waals surface area contributed by atoms with Gasteiger partial charge in [0.1, 0.15) is 0 Å². The molecule has 0 bridgehead atoms. The molecule has 0 aliphatic carbocycles. The Hall–Kier alpha value is 1.45. The Balaban J connectivity index is 0. The zero-order valence-corrected chi connectivity index (χ0v) is 8.92. The average Bonchev–Trinajstić information content (AvgIpc) is 0.811. The predicted molar refractivity (Wildman–Crippen MR) is 27.3 cm³/mol. The zero-order valence-electron chi connectivity index (χ0n) is 2.43. The van der Waals surface area contributed by atoms with Crippen molar-refractivity contribution in [2.75, 3.05) is 0 Å². The molecule has 0 saturated heterocycles. The van der Waals surface area contributed by atoms with Crippen molar-refractivity contribution >= 4 is 41.0 Å². The van der Waals surface area contributed by atoms with Crippen LogP contribution in [-0.2, 0) is 52.6 Å². The Labute approximate surface area is 67.7 Å². The second kappa shape index (κ2) is 5.45. The summed E-state index contributed by atoms with van der Waals surface area (Å²) < 4.78 is 0.167. The van der Waals surface area contributed by atoms with E-state index in [1.54, 1.807) is 0 Å². The van der Waals surface area contributed by atoms with Crippen LogP contribution in [0.3, 0.4) is 0 Å². The number of thiocarbonyl (C=S) groups is 1. The zero-order chi connectivity index (χ0) is 3.58. The summed E-state index contributed by atoms with van der Waals surface area (Å²) >= 11 is 12.5. The molecule has 0 heterocycles. The third kappa shape index (κ3) is 30.8. The van der Waals surface area contributed by atoms with E-state index in [9.17, 15) is 0 Å². The van der Waals surface area contributed by atoms with Crippen molar-refractivity contribution in [3.63, 3.8) is 0 Å². The predicted octanol–water partition coefficient (Wildman–Crippen LogP) is 0.363. The molecule has 0 spiro atoms. The molecular weight excluding hydrogens is 221 g/mol. The minimum Gasteiger partial charge on any atom is -0.570 e. The van der Waals surface area contributed by atoms with Crippen molar-refractivity contribution in [3.8, 4) is 0 Å². The summed E-state index contributed by atoms with van der Waals surface area (Å²) in [6.45, 7) is 0. The van der Waals surface area contributed by atoms with Crippen LogP contribution in [0.15, 0.2) is 0 Å². The molecule has 0 rings (SSSR count). The van der Waals surface area contributed by atoms with Crippen LogP contribution < -0.4 is 0 Å². The van der Waals surface area contributed by atoms with Gasteiger partial charge in [0.25, 0.3) is 0 Å². The molecule has 0 N–H and O–H groups in total. The molecule has 0 aromatic carbocycles. The van der Waals surface area contributed by atoms with Crippen molar-refractivity contribution in [3.05, 3.63) is 0 Å². The molecule has 0 unspecified atom stereocenters. The van der Waals surface area contributed by atoms with Crippen molar-refractivity contribution in [1.29, 1.82) is 0 Å². The van der Waals surface area contributed by atoms with Crippen molar-refractivity contribution in [2.45, 2.75) is 0 Å². The largest absolute Gasteiger partial charge is 2.00 e. The molecule has 0 amide bonds. The van der Waals surface area contributed by atoms with Gasteiger partial charge in [-0.2, -0.15) is 0 Å². The first-order chi connectivity index (χ1) is 1.73. The van der Waals surface area contributed by atoms with Crippen LogP contribution in [0.1, 0.15) is 0 Å². The molecule has 0 fully saturated rings. The molecule has 0 aliphatic rings. The van der Waals surface area contributed by atoms with Gasteiger partial charge in [0.05, 0.1) is 0 Å². The van der Waals surface area contributed by atoms with Gasteiger partial charge in [-0.15, -0.1) is 0 Å². The first kappa shape index (κ1) is 9.68. The maximum Gasteiger partial charge on any atom is 2.00 e. The summed E-state index contributed by atoms with van der Waals surface area (Å²) in [4.78, 5) is 0. The molecule has 24 valence electrons. The van der Waals surface area contributed by atoms with Gasteiger partial charge in [-0.1, -0.05) is 0 Å². The molecule has 0 radical (unpaired) electrons. The molecule has 0 atom stereocenters. The van der Waals surface area contributed by atoms with E-state index in [0.29, 0.717) is 0 Å². The Morgan fingerprint density at radius 2 is 1.40 bits per heavy atom. The summed E-state index contributed by atoms with van der Waals surface area (Å²) in [5.74, 6) is 0. The Kier molecular flexibility index (Phi) is 10.6. The Morgan fingerprint density at radius 1 is 1.40 bits per heavy atom. The minimum atomic E-state index is 0. The van der Waals surface area contributed by atoms with E-state index >= 15 is 0 Å². The van der Waals surface area contributed by atoms with Crippen molar-refractivity contribution < 1.29 is 27.3 Å². The van der Waals surface area contributed by atoms with Crippen LogP contribution in [0, 0.1) is 0 Å². The van der Waals surface area contributed by atoms with E-state index in [4.69, 9.17) is 0 Å². The summed E-state index contributed by atoms with van der Waals surface area (Å²) in [6.07, 6.45) is 0. The van der Waals surface area contributed by atoms with Crippen LogP contribution in [0.25, 0.3) is 0 Å². The Morgan fingerprint density at radius 3 is 1.40 bits per heavy atom. The fourth-order valence-electron chi connectivity index (χ4n) is 0. The standard InChI is InChI=1S/CH2S3.Cd/c2-1(3)4;/h(H2,2,3,4);/q;+2/p-2. The second-order valence-corrected chi connectivity index (χ2v) is 2.25. The van der Waals surface area contributed by atoms with Crippen molar-refractivity contribution in [1.82, 2.24) is 0 Å². The molecule has 0 nitrogen and oxygen atoms in total. The normalized spacial score (nSPS) is 4.80. The quantitative estimate of drug-likeness (QED) is 0.329. The van der Waals surface area contributed by atoms with Gasteiger partial charge in [0.15, 0.2) is 0 Å². The fourth-order valence-corrected chi connectivity index (χ4v) is 0. The summed E-state index contributed by atoms with van der Waals surface area (Å²) in [6, 6.07) is 0. The van der Waals surface area contributed by atoms with Crippen LogP contribution >= 0.6 is 12.2 Å². The van der Waals surface area contributed by atoms with Gasteiger partial charge >= 0.3 is 27.3 Å². The van der Waals surface area contributed by atoms with Gasteiger partial charge in [0.2, 0.25) is 0 Å². The van der Waals surface area contributed by atoms with E-state index in [1.165, 1.54) is 0 Å². The van der Waals surface area contributed by atoms with Crippen molar-refractivity contribution in [2.24, 2.45) is 0 Å².